The highest BCUT2D eigenvalue weighted by Crippen LogP contribution is 2.54. The molecule has 0 aromatic rings. The fourth-order valence-corrected chi connectivity index (χ4v) is 12.9. The van der Waals surface area contributed by atoms with E-state index in [1.807, 2.05) is 28.2 Å². The minimum absolute atomic E-state index is 0.131. The Kier molecular flexibility index (Phi) is 28.9. The van der Waals surface area contributed by atoms with Gasteiger partial charge in [-0.2, -0.15) is 5.26 Å². The number of rotatable bonds is 19. The summed E-state index contributed by atoms with van der Waals surface area (Å²) >= 11 is 9.68. The fraction of sp³-hybridized carbons (Fsp3) is 0.892. The van der Waals surface area contributed by atoms with Crippen molar-refractivity contribution in [2.45, 2.75) is 171 Å². The lowest BCUT2D eigenvalue weighted by atomic mass is 10.1. The van der Waals surface area contributed by atoms with Gasteiger partial charge in [-0.15, -0.1) is 0 Å². The molecule has 0 radical (unpaired) electrons. The minimum atomic E-state index is -0.819. The Hall–Kier alpha value is -0.650. The number of nitriles is 1. The van der Waals surface area contributed by atoms with Crippen molar-refractivity contribution in [3.8, 4) is 6.07 Å². The molecule has 0 amide bonds. The Morgan fingerprint density at radius 1 is 0.731 bits per heavy atom. The van der Waals surface area contributed by atoms with Gasteiger partial charge in [0, 0.05) is 44.3 Å². The Balaban J connectivity index is -0.000000759. The van der Waals surface area contributed by atoms with E-state index in [1.165, 1.54) is 0 Å². The normalized spacial score (nSPS) is 13.1. The number of hydrogen-bond acceptors (Lipinski definition) is 10. The summed E-state index contributed by atoms with van der Waals surface area (Å²) in [6, 6.07) is 4.70. The molecule has 0 saturated carbocycles. The Morgan fingerprint density at radius 3 is 1.35 bits per heavy atom. The van der Waals surface area contributed by atoms with Gasteiger partial charge in [-0.1, -0.05) is 27.2 Å². The van der Waals surface area contributed by atoms with E-state index in [0.29, 0.717) is 42.4 Å². The molecule has 0 heterocycles. The van der Waals surface area contributed by atoms with Crippen molar-refractivity contribution in [2.24, 2.45) is 0 Å². The van der Waals surface area contributed by atoms with Crippen molar-refractivity contribution in [1.82, 2.24) is 23.8 Å². The van der Waals surface area contributed by atoms with Gasteiger partial charge in [0.2, 0.25) is 0 Å². The molecule has 0 saturated heterocycles. The lowest BCUT2D eigenvalue weighted by Gasteiger charge is -2.46. The molecular formula is C37H75BrClN7O4P2. The van der Waals surface area contributed by atoms with Gasteiger partial charge in [-0.25, -0.2) is 6.57 Å². The Labute approximate surface area is 335 Å². The first kappa shape index (κ1) is 55.7. The zero-order valence-electron chi connectivity index (χ0n) is 36.3. The molecule has 0 spiro atoms. The van der Waals surface area contributed by atoms with Gasteiger partial charge in [-0.05, 0) is 139 Å². The van der Waals surface area contributed by atoms with Gasteiger partial charge in [0.05, 0.1) is 24.6 Å². The van der Waals surface area contributed by atoms with Crippen molar-refractivity contribution in [1.29, 1.82) is 5.26 Å². The van der Waals surface area contributed by atoms with Crippen molar-refractivity contribution in [3.63, 3.8) is 0 Å². The quantitative estimate of drug-likeness (QED) is 0.0411. The molecule has 0 rings (SSSR count). The first-order valence-corrected chi connectivity index (χ1v) is 23.0. The highest BCUT2D eigenvalue weighted by atomic mass is 79.9. The summed E-state index contributed by atoms with van der Waals surface area (Å²) < 4.78 is 17.8. The van der Waals surface area contributed by atoms with Crippen LogP contribution in [0.15, 0.2) is 0 Å². The van der Waals surface area contributed by atoms with Gasteiger partial charge in [0.15, 0.2) is 5.60 Å². The van der Waals surface area contributed by atoms with Crippen LogP contribution in [0.4, 0.5) is 0 Å². The molecule has 0 aliphatic carbocycles. The maximum Gasteiger partial charge on any atom is 0.317 e. The van der Waals surface area contributed by atoms with E-state index in [0.717, 1.165) is 0 Å². The fourth-order valence-electron chi connectivity index (χ4n) is 5.80. The smallest absolute Gasteiger partial charge is 0.317 e. The third kappa shape index (κ3) is 22.7. The molecule has 306 valence electrons. The average Bonchev–Trinajstić information content (AvgIpc) is 2.91. The van der Waals surface area contributed by atoms with Crippen molar-refractivity contribution in [2.75, 3.05) is 46.2 Å². The number of halogens is 2. The van der Waals surface area contributed by atoms with Crippen molar-refractivity contribution in [3.05, 3.63) is 11.4 Å². The Bertz CT molecular complexity index is 1020. The molecule has 1 unspecified atom stereocenters. The summed E-state index contributed by atoms with van der Waals surface area (Å²) in [4.78, 5) is 30.9. The molecule has 0 N–H and O–H groups in total. The zero-order valence-corrected chi connectivity index (χ0v) is 40.4. The predicted molar refractivity (Wildman–Crippen MR) is 228 cm³/mol. The summed E-state index contributed by atoms with van der Waals surface area (Å²) in [7, 11) is 6.64. The second-order valence-corrected chi connectivity index (χ2v) is 21.1. The van der Waals surface area contributed by atoms with E-state index < -0.39 is 26.9 Å². The zero-order chi connectivity index (χ0) is 41.9. The van der Waals surface area contributed by atoms with Crippen LogP contribution in [0.5, 0.6) is 0 Å². The molecule has 0 aliphatic rings. The van der Waals surface area contributed by atoms with E-state index >= 15 is 0 Å². The standard InChI is InChI=1S/C18H37N4O2P.C12H28ClN2P.C7H10BrNO2/c1-14(2)22(15(3)4)25(17(20(7)8)21(9)10)13-16(23)24-18(5,6)11-12-19;1-9(2)14(10(3)4)16(13)15(11(5)6)12(7)8;1-7(2,5-9-3)11-6(10)4-8/h14-15,17H,11,13H2,1-10H3;9-12H,1-8H3;4-5H2,1-2H3. The van der Waals surface area contributed by atoms with Gasteiger partial charge >= 0.3 is 11.9 Å². The van der Waals surface area contributed by atoms with E-state index in [4.69, 9.17) is 32.5 Å². The number of nitrogens with zero attached hydrogens (tertiary/aromatic N) is 7. The topological polar surface area (TPSA) is 97.0 Å². The summed E-state index contributed by atoms with van der Waals surface area (Å²) in [5, 5.41) is 9.08. The first-order chi connectivity index (χ1) is 23.5. The van der Waals surface area contributed by atoms with Gasteiger partial charge in [0.1, 0.15) is 18.5 Å². The van der Waals surface area contributed by atoms with Crippen molar-refractivity contribution < 1.29 is 19.1 Å². The van der Waals surface area contributed by atoms with Crippen LogP contribution in [0.2, 0.25) is 0 Å². The largest absolute Gasteiger partial charge is 0.458 e. The molecule has 1 atom stereocenters. The van der Waals surface area contributed by atoms with Gasteiger partial charge in [0.25, 0.3) is 6.54 Å². The summed E-state index contributed by atoms with van der Waals surface area (Å²) in [5.74, 6) is -0.434. The molecule has 0 aliphatic heterocycles. The molecule has 0 fully saturated rings. The number of carbonyl (C=O) groups is 2. The van der Waals surface area contributed by atoms with Crippen LogP contribution in [-0.4, -0.2) is 135 Å². The molecule has 0 aromatic carbocycles. The van der Waals surface area contributed by atoms with Crippen LogP contribution < -0.4 is 0 Å². The third-order valence-corrected chi connectivity index (χ3v) is 14.9. The van der Waals surface area contributed by atoms with Crippen molar-refractivity contribution >= 4 is 54.8 Å². The third-order valence-electron chi connectivity index (χ3n) is 7.19. The summed E-state index contributed by atoms with van der Waals surface area (Å²) in [5.41, 5.74) is -1.41. The first-order valence-electron chi connectivity index (χ1n) is 18.1. The molecule has 52 heavy (non-hydrogen) atoms. The number of esters is 2. The summed E-state index contributed by atoms with van der Waals surface area (Å²) in [6.45, 7) is 40.2. The highest BCUT2D eigenvalue weighted by molar-refractivity contribution is 9.09. The predicted octanol–water partition coefficient (Wildman–Crippen LogP) is 9.46. The highest BCUT2D eigenvalue weighted by Gasteiger charge is 2.37. The molecule has 0 aromatic heterocycles. The van der Waals surface area contributed by atoms with Gasteiger partial charge < -0.3 is 14.3 Å². The average molecular weight is 859 g/mol. The van der Waals surface area contributed by atoms with Crippen LogP contribution in [-0.2, 0) is 19.1 Å². The van der Waals surface area contributed by atoms with E-state index in [-0.39, 0.29) is 36.1 Å². The monoisotopic (exact) mass is 857 g/mol. The summed E-state index contributed by atoms with van der Waals surface area (Å²) in [6.07, 6.45) is 0.543. The van der Waals surface area contributed by atoms with Gasteiger partial charge in [-0.3, -0.25) is 33.4 Å². The van der Waals surface area contributed by atoms with Crippen LogP contribution in [0.25, 0.3) is 4.85 Å². The van der Waals surface area contributed by atoms with E-state index in [9.17, 15) is 9.59 Å². The molecule has 0 bridgehead atoms. The number of ether oxygens (including phenoxy) is 2. The van der Waals surface area contributed by atoms with E-state index in [2.05, 4.69) is 134 Å². The minimum Gasteiger partial charge on any atom is -0.458 e. The van der Waals surface area contributed by atoms with E-state index in [1.54, 1.807) is 27.7 Å². The number of hydrogen-bond donors (Lipinski definition) is 0. The van der Waals surface area contributed by atoms with Crippen LogP contribution >= 0.6 is 42.8 Å². The second kappa shape index (κ2) is 27.0. The molecule has 15 heteroatoms. The maximum absolute atomic E-state index is 12.7. The lowest BCUT2D eigenvalue weighted by molar-refractivity contribution is -0.153. The van der Waals surface area contributed by atoms with Crippen LogP contribution in [0.1, 0.15) is 117 Å². The molecular weight excluding hydrogens is 784 g/mol. The second-order valence-electron chi connectivity index (χ2n) is 16.1. The van der Waals surface area contributed by atoms with Crippen LogP contribution in [0.3, 0.4) is 0 Å². The maximum atomic E-state index is 12.7. The Morgan fingerprint density at radius 2 is 1.08 bits per heavy atom. The number of alkyl halides is 1. The van der Waals surface area contributed by atoms with Crippen LogP contribution in [0, 0.1) is 17.9 Å². The number of carbonyl (C=O) groups excluding carboxylic acids is 2. The SMILES string of the molecule is CC(C)N(C(C)C)P(CC(=O)OC(C)(C)CC#N)C(N(C)C)N(C)C.CC(C)N(C(C)C)P(Cl)N(C(C)C)C(C)C.[C-]#[N+]CC(C)(C)OC(=O)CBr. The lowest BCUT2D eigenvalue weighted by Crippen LogP contribution is -2.47. The molecule has 11 nitrogen and oxygen atoms in total.